The van der Waals surface area contributed by atoms with Gasteiger partial charge in [0, 0.05) is 22.1 Å². The fourth-order valence-corrected chi connectivity index (χ4v) is 2.13. The van der Waals surface area contributed by atoms with Crippen molar-refractivity contribution in [2.45, 2.75) is 13.8 Å². The van der Waals surface area contributed by atoms with Crippen molar-refractivity contribution in [2.24, 2.45) is 0 Å². The van der Waals surface area contributed by atoms with Crippen molar-refractivity contribution in [2.75, 3.05) is 6.61 Å². The molecule has 2 rings (SSSR count). The zero-order valence-corrected chi connectivity index (χ0v) is 10.9. The highest BCUT2D eigenvalue weighted by Gasteiger charge is 2.21. The third-order valence-corrected chi connectivity index (χ3v) is 3.17. The van der Waals surface area contributed by atoms with Crippen LogP contribution in [-0.4, -0.2) is 6.61 Å². The summed E-state index contributed by atoms with van der Waals surface area (Å²) < 4.78 is 26.2. The van der Waals surface area contributed by atoms with Crippen molar-refractivity contribution in [3.63, 3.8) is 0 Å². The minimum atomic E-state index is -2.20. The van der Waals surface area contributed by atoms with Crippen molar-refractivity contribution < 1.29 is 18.0 Å². The van der Waals surface area contributed by atoms with Gasteiger partial charge in [-0.3, -0.25) is 0 Å². The lowest BCUT2D eigenvalue weighted by molar-refractivity contribution is 0.302. The highest BCUT2D eigenvalue weighted by Crippen LogP contribution is 2.30. The molecule has 0 amide bonds. The van der Waals surface area contributed by atoms with E-state index in [9.17, 15) is 9.36 Å². The van der Waals surface area contributed by atoms with E-state index in [4.69, 9.17) is 13.5 Å². The molecule has 1 heterocycles. The Labute approximate surface area is 104 Å². The Hall–Kier alpha value is -1.71. The van der Waals surface area contributed by atoms with E-state index in [-0.39, 0.29) is 0 Å². The molecule has 1 aromatic heterocycles. The molecule has 0 spiro atoms. The normalized spacial score (nSPS) is 11.6. The van der Waals surface area contributed by atoms with E-state index in [2.05, 4.69) is 0 Å². The molecule has 94 valence electrons. The molecule has 1 unspecified atom stereocenters. The molecule has 0 saturated heterocycles. The predicted octanol–water partition coefficient (Wildman–Crippen LogP) is 3.17. The van der Waals surface area contributed by atoms with Crippen LogP contribution in [0, 0.1) is 6.92 Å². The van der Waals surface area contributed by atoms with Crippen molar-refractivity contribution in [3.05, 3.63) is 40.2 Å². The summed E-state index contributed by atoms with van der Waals surface area (Å²) in [6, 6.07) is 6.35. The molecule has 1 atom stereocenters. The van der Waals surface area contributed by atoms with E-state index in [1.165, 1.54) is 12.1 Å². The van der Waals surface area contributed by atoms with Crippen LogP contribution in [0.5, 0.6) is 5.75 Å². The molecule has 0 N–H and O–H groups in total. The summed E-state index contributed by atoms with van der Waals surface area (Å²) in [6.07, 6.45) is 0. The van der Waals surface area contributed by atoms with Gasteiger partial charge in [0.2, 0.25) is 0 Å². The maximum absolute atomic E-state index is 11.3. The summed E-state index contributed by atoms with van der Waals surface area (Å²) in [4.78, 5) is 11.3. The first-order valence-electron chi connectivity index (χ1n) is 5.43. The first kappa shape index (κ1) is 12.7. The number of aryl methyl sites for hydroxylation is 1. The molecule has 0 aliphatic carbocycles. The summed E-state index contributed by atoms with van der Waals surface area (Å²) in [5, 5.41) is 0.814. The van der Waals surface area contributed by atoms with Crippen LogP contribution in [0.1, 0.15) is 12.5 Å². The highest BCUT2D eigenvalue weighted by atomic mass is 31.1. The molecule has 0 fully saturated rings. The number of benzene rings is 1. The molecular formula is C12H12O5P+. The lowest BCUT2D eigenvalue weighted by Gasteiger charge is -2.00. The summed E-state index contributed by atoms with van der Waals surface area (Å²) in [6.45, 7) is 3.84. The zero-order valence-electron chi connectivity index (χ0n) is 10.0. The van der Waals surface area contributed by atoms with Crippen molar-refractivity contribution in [1.82, 2.24) is 0 Å². The van der Waals surface area contributed by atoms with Crippen LogP contribution in [0.25, 0.3) is 11.0 Å². The average molecular weight is 267 g/mol. The Morgan fingerprint density at radius 3 is 2.83 bits per heavy atom. The Balaban J connectivity index is 2.38. The fourth-order valence-electron chi connectivity index (χ4n) is 1.58. The smallest absolute Gasteiger partial charge is 0.423 e. The topological polar surface area (TPSA) is 65.7 Å². The summed E-state index contributed by atoms with van der Waals surface area (Å²) >= 11 is 0. The van der Waals surface area contributed by atoms with Gasteiger partial charge in [-0.2, -0.15) is 0 Å². The quantitative estimate of drug-likeness (QED) is 0.628. The third-order valence-electron chi connectivity index (χ3n) is 2.34. The molecule has 0 aliphatic heterocycles. The summed E-state index contributed by atoms with van der Waals surface area (Å²) in [5.74, 6) is 0.339. The lowest BCUT2D eigenvalue weighted by atomic mass is 10.1. The van der Waals surface area contributed by atoms with E-state index in [1.54, 1.807) is 19.1 Å². The van der Waals surface area contributed by atoms with E-state index in [0.29, 0.717) is 17.9 Å². The lowest BCUT2D eigenvalue weighted by Crippen LogP contribution is -1.97. The predicted molar refractivity (Wildman–Crippen MR) is 67.1 cm³/mol. The van der Waals surface area contributed by atoms with Gasteiger partial charge in [-0.25, -0.2) is 9.32 Å². The number of fused-ring (bicyclic) bond motifs is 1. The largest absolute Gasteiger partial charge is 0.750 e. The minimum absolute atomic E-state index is 0.303. The van der Waals surface area contributed by atoms with Gasteiger partial charge in [0.15, 0.2) is 5.75 Å². The standard InChI is InChI=1S/C12H12O5P/c1-3-15-18(14)17-9-4-5-10-8(2)6-12(13)16-11(10)7-9/h4-7H,3H2,1-2H3/q+1. The maximum Gasteiger partial charge on any atom is 0.750 e. The van der Waals surface area contributed by atoms with E-state index >= 15 is 0 Å². The molecule has 0 bridgehead atoms. The van der Waals surface area contributed by atoms with Gasteiger partial charge in [0.05, 0.1) is 0 Å². The average Bonchev–Trinajstić information content (AvgIpc) is 2.28. The van der Waals surface area contributed by atoms with Gasteiger partial charge in [-0.15, -0.1) is 4.52 Å². The van der Waals surface area contributed by atoms with Crippen LogP contribution in [0.3, 0.4) is 0 Å². The van der Waals surface area contributed by atoms with Crippen LogP contribution in [0.2, 0.25) is 0 Å². The fraction of sp³-hybridized carbons (Fsp3) is 0.250. The molecule has 0 aliphatic rings. The number of hydrogen-bond donors (Lipinski definition) is 0. The van der Waals surface area contributed by atoms with Crippen LogP contribution in [0.4, 0.5) is 0 Å². The van der Waals surface area contributed by atoms with E-state index in [1.807, 2.05) is 6.92 Å². The number of rotatable bonds is 4. The molecule has 18 heavy (non-hydrogen) atoms. The van der Waals surface area contributed by atoms with Gasteiger partial charge in [-0.1, -0.05) is 0 Å². The van der Waals surface area contributed by atoms with Crippen LogP contribution >= 0.6 is 8.25 Å². The van der Waals surface area contributed by atoms with Gasteiger partial charge < -0.3 is 4.42 Å². The second kappa shape index (κ2) is 5.29. The molecule has 0 radical (unpaired) electrons. The molecule has 1 aromatic carbocycles. The SMILES string of the molecule is CCO[P+](=O)Oc1ccc2c(C)cc(=O)oc2c1. The van der Waals surface area contributed by atoms with Crippen molar-refractivity contribution in [1.29, 1.82) is 0 Å². The van der Waals surface area contributed by atoms with Gasteiger partial charge >= 0.3 is 13.9 Å². The van der Waals surface area contributed by atoms with Crippen LogP contribution in [0.15, 0.2) is 33.5 Å². The zero-order chi connectivity index (χ0) is 13.1. The van der Waals surface area contributed by atoms with E-state index in [0.717, 1.165) is 10.9 Å². The Bertz CT molecular complexity index is 646. The highest BCUT2D eigenvalue weighted by molar-refractivity contribution is 7.33. The van der Waals surface area contributed by atoms with Gasteiger partial charge in [0.1, 0.15) is 12.2 Å². The monoisotopic (exact) mass is 267 g/mol. The minimum Gasteiger partial charge on any atom is -0.423 e. The Kier molecular flexibility index (Phi) is 3.75. The van der Waals surface area contributed by atoms with Gasteiger partial charge in [-0.05, 0) is 31.5 Å². The molecule has 5 nitrogen and oxygen atoms in total. The Morgan fingerprint density at radius 2 is 2.11 bits per heavy atom. The second-order valence-corrected chi connectivity index (χ2v) is 4.53. The van der Waals surface area contributed by atoms with Crippen LogP contribution < -0.4 is 10.1 Å². The first-order chi connectivity index (χ1) is 8.60. The maximum atomic E-state index is 11.3. The van der Waals surface area contributed by atoms with Crippen molar-refractivity contribution >= 4 is 19.2 Å². The van der Waals surface area contributed by atoms with Crippen molar-refractivity contribution in [3.8, 4) is 5.75 Å². The molecule has 2 aromatic rings. The van der Waals surface area contributed by atoms with Crippen LogP contribution in [-0.2, 0) is 9.09 Å². The molecule has 0 saturated carbocycles. The van der Waals surface area contributed by atoms with E-state index < -0.39 is 13.9 Å². The Morgan fingerprint density at radius 1 is 1.33 bits per heavy atom. The molecule has 6 heteroatoms. The summed E-state index contributed by atoms with van der Waals surface area (Å²) in [5.41, 5.74) is 0.797. The number of hydrogen-bond acceptors (Lipinski definition) is 5. The second-order valence-electron chi connectivity index (χ2n) is 3.64. The molecular weight excluding hydrogens is 255 g/mol. The first-order valence-corrected chi connectivity index (χ1v) is 6.52. The summed E-state index contributed by atoms with van der Waals surface area (Å²) in [7, 11) is -2.20. The third kappa shape index (κ3) is 2.75. The van der Waals surface area contributed by atoms with Gasteiger partial charge in [0.25, 0.3) is 0 Å².